The number of carbonyl (C=O) groups is 1. The van der Waals surface area contributed by atoms with Crippen LogP contribution in [0.3, 0.4) is 0 Å². The van der Waals surface area contributed by atoms with E-state index in [4.69, 9.17) is 17.3 Å². The van der Waals surface area contributed by atoms with Crippen molar-refractivity contribution in [2.24, 2.45) is 16.0 Å². The minimum atomic E-state index is -0.600. The maximum atomic E-state index is 14.4. The molecule has 0 saturated carbocycles. The van der Waals surface area contributed by atoms with Gasteiger partial charge in [0.25, 0.3) is 5.91 Å². The number of rotatable bonds is 3. The van der Waals surface area contributed by atoms with Crippen molar-refractivity contribution in [1.82, 2.24) is 10.4 Å². The van der Waals surface area contributed by atoms with Crippen LogP contribution in [0.2, 0.25) is 0 Å². The van der Waals surface area contributed by atoms with Crippen molar-refractivity contribution in [1.29, 1.82) is 0 Å². The van der Waals surface area contributed by atoms with E-state index in [9.17, 15) is 14.4 Å². The van der Waals surface area contributed by atoms with Gasteiger partial charge in [0.1, 0.15) is 11.5 Å². The Kier molecular flexibility index (Phi) is 4.56. The molecule has 1 amide bonds. The second kappa shape index (κ2) is 6.66. The standard InChI is InChI=1S/C16H15ClFN5O2/c1-2-5-20-16(24)15-13(19)8-3-4-11(18)12(9(8)7-23(15)25)14-10(17)6-21-22-14/h3-4,6-7,25H,2,5,19H2,1H3,(H,20,24)/b14-12+. The number of halogens is 2. The van der Waals surface area contributed by atoms with Gasteiger partial charge in [-0.2, -0.15) is 5.11 Å². The molecule has 0 radical (unpaired) electrons. The highest BCUT2D eigenvalue weighted by molar-refractivity contribution is 6.35. The van der Waals surface area contributed by atoms with E-state index in [1.54, 1.807) is 0 Å². The Balaban J connectivity index is 2.26. The zero-order valence-electron chi connectivity index (χ0n) is 13.3. The number of nitrogens with zero attached hydrogens (tertiary/aromatic N) is 3. The monoisotopic (exact) mass is 363 g/mol. The molecule has 2 aliphatic heterocycles. The second-order valence-corrected chi connectivity index (χ2v) is 5.82. The van der Waals surface area contributed by atoms with E-state index in [1.165, 1.54) is 24.5 Å². The van der Waals surface area contributed by atoms with Crippen LogP contribution >= 0.6 is 11.6 Å². The van der Waals surface area contributed by atoms with Gasteiger partial charge < -0.3 is 11.1 Å². The molecule has 0 bridgehead atoms. The van der Waals surface area contributed by atoms with Gasteiger partial charge >= 0.3 is 0 Å². The molecule has 1 aromatic rings. The van der Waals surface area contributed by atoms with Crippen molar-refractivity contribution in [2.45, 2.75) is 13.3 Å². The number of nitrogens with one attached hydrogen (secondary N) is 1. The highest BCUT2D eigenvalue weighted by Crippen LogP contribution is 2.23. The number of fused-ring (bicyclic) bond motifs is 1. The van der Waals surface area contributed by atoms with Gasteiger partial charge in [0.05, 0.1) is 16.9 Å². The smallest absolute Gasteiger partial charge is 0.272 e. The van der Waals surface area contributed by atoms with E-state index in [0.29, 0.717) is 17.2 Å². The zero-order valence-corrected chi connectivity index (χ0v) is 14.0. The summed E-state index contributed by atoms with van der Waals surface area (Å²) in [4.78, 5) is 12.2. The third-order valence-electron chi connectivity index (χ3n) is 3.76. The zero-order chi connectivity index (χ0) is 18.1. The van der Waals surface area contributed by atoms with Crippen LogP contribution < -0.4 is 21.5 Å². The maximum absolute atomic E-state index is 14.4. The third-order valence-corrected chi connectivity index (χ3v) is 4.04. The molecular formula is C16H15ClFN5O2. The van der Waals surface area contributed by atoms with Crippen molar-refractivity contribution in [3.05, 3.63) is 50.9 Å². The number of benzene rings is 1. The molecule has 25 heavy (non-hydrogen) atoms. The highest BCUT2D eigenvalue weighted by atomic mass is 35.5. The highest BCUT2D eigenvalue weighted by Gasteiger charge is 2.25. The summed E-state index contributed by atoms with van der Waals surface area (Å²) in [5.74, 6) is -1.13. The average Bonchev–Trinajstić information content (AvgIpc) is 2.98. The Morgan fingerprint density at radius 3 is 2.88 bits per heavy atom. The molecule has 0 fully saturated rings. The Labute approximate surface area is 147 Å². The molecule has 0 unspecified atom stereocenters. The number of hydrogen-bond donors (Lipinski definition) is 3. The summed E-state index contributed by atoms with van der Waals surface area (Å²) < 4.78 is 14.4. The number of amides is 1. The summed E-state index contributed by atoms with van der Waals surface area (Å²) in [6.45, 7) is 2.33. The van der Waals surface area contributed by atoms with Crippen molar-refractivity contribution in [3.63, 3.8) is 0 Å². The average molecular weight is 364 g/mol. The molecule has 0 aliphatic carbocycles. The fourth-order valence-corrected chi connectivity index (χ4v) is 2.78. The van der Waals surface area contributed by atoms with Crippen molar-refractivity contribution in [2.75, 3.05) is 6.54 Å². The summed E-state index contributed by atoms with van der Waals surface area (Å²) in [6, 6.07) is 2.64. The number of nitrogens with two attached hydrogens (primary N) is 1. The Bertz CT molecular complexity index is 967. The van der Waals surface area contributed by atoms with E-state index < -0.39 is 11.7 Å². The van der Waals surface area contributed by atoms with Crippen LogP contribution in [0.15, 0.2) is 39.3 Å². The topological polar surface area (TPSA) is 103 Å². The SMILES string of the molecule is CCCNC(=O)C1=C(N)c2ccc(F)/c(=C3/N=NC=C3Cl)c2=CN1O. The molecule has 0 spiro atoms. The second-order valence-electron chi connectivity index (χ2n) is 5.42. The van der Waals surface area contributed by atoms with Crippen LogP contribution in [-0.4, -0.2) is 22.7 Å². The molecular weight excluding hydrogens is 349 g/mol. The number of azo groups is 1. The first-order valence-corrected chi connectivity index (χ1v) is 7.91. The normalized spacial score (nSPS) is 18.1. The molecule has 0 atom stereocenters. The summed E-state index contributed by atoms with van der Waals surface area (Å²) in [7, 11) is 0. The molecule has 3 rings (SSSR count). The number of hydrogen-bond acceptors (Lipinski definition) is 6. The van der Waals surface area contributed by atoms with Gasteiger partial charge in [-0.3, -0.25) is 10.0 Å². The lowest BCUT2D eigenvalue weighted by atomic mass is 10.0. The summed E-state index contributed by atoms with van der Waals surface area (Å²) in [6.07, 6.45) is 3.22. The lowest BCUT2D eigenvalue weighted by Gasteiger charge is -2.23. The van der Waals surface area contributed by atoms with E-state index in [1.807, 2.05) is 6.92 Å². The first-order chi connectivity index (χ1) is 12.0. The molecule has 0 aromatic heterocycles. The molecule has 1 aromatic carbocycles. The van der Waals surface area contributed by atoms with Crippen molar-refractivity contribution in [3.8, 4) is 0 Å². The first-order valence-electron chi connectivity index (χ1n) is 7.53. The predicted molar refractivity (Wildman–Crippen MR) is 90.3 cm³/mol. The Morgan fingerprint density at radius 2 is 2.24 bits per heavy atom. The van der Waals surface area contributed by atoms with Gasteiger partial charge in [-0.05, 0) is 18.6 Å². The molecule has 0 saturated heterocycles. The van der Waals surface area contributed by atoms with Crippen LogP contribution in [0.5, 0.6) is 0 Å². The van der Waals surface area contributed by atoms with Gasteiger partial charge in [0, 0.05) is 28.7 Å². The van der Waals surface area contributed by atoms with E-state index in [-0.39, 0.29) is 32.6 Å². The lowest BCUT2D eigenvalue weighted by molar-refractivity contribution is -0.122. The van der Waals surface area contributed by atoms with Gasteiger partial charge in [-0.15, -0.1) is 5.11 Å². The minimum absolute atomic E-state index is 0.0190. The summed E-state index contributed by atoms with van der Waals surface area (Å²) >= 11 is 6.01. The summed E-state index contributed by atoms with van der Waals surface area (Å²) in [5.41, 5.74) is 6.48. The van der Waals surface area contributed by atoms with Crippen molar-refractivity contribution >= 4 is 35.1 Å². The van der Waals surface area contributed by atoms with E-state index >= 15 is 0 Å². The van der Waals surface area contributed by atoms with Gasteiger partial charge in [-0.25, -0.2) is 9.45 Å². The van der Waals surface area contributed by atoms with Crippen LogP contribution in [0, 0.1) is 5.82 Å². The molecule has 9 heteroatoms. The quantitative estimate of drug-likeness (QED) is 0.747. The van der Waals surface area contributed by atoms with E-state index in [0.717, 1.165) is 6.42 Å². The van der Waals surface area contributed by atoms with Crippen molar-refractivity contribution < 1.29 is 14.4 Å². The minimum Gasteiger partial charge on any atom is -0.396 e. The number of carbonyl (C=O) groups excluding carboxylic acids is 1. The lowest BCUT2D eigenvalue weighted by Crippen LogP contribution is -2.43. The first kappa shape index (κ1) is 17.1. The van der Waals surface area contributed by atoms with Gasteiger partial charge in [0.15, 0.2) is 5.70 Å². The van der Waals surface area contributed by atoms with Crippen LogP contribution in [0.1, 0.15) is 18.9 Å². The van der Waals surface area contributed by atoms with Gasteiger partial charge in [0.2, 0.25) is 0 Å². The molecule has 2 heterocycles. The fraction of sp³-hybridized carbons (Fsp3) is 0.188. The van der Waals surface area contributed by atoms with E-state index in [2.05, 4.69) is 15.5 Å². The summed E-state index contributed by atoms with van der Waals surface area (Å²) in [5, 5.41) is 21.4. The molecule has 7 nitrogen and oxygen atoms in total. The fourth-order valence-electron chi connectivity index (χ4n) is 2.60. The third kappa shape index (κ3) is 2.90. The van der Waals surface area contributed by atoms with Crippen LogP contribution in [-0.2, 0) is 4.79 Å². The van der Waals surface area contributed by atoms with Crippen LogP contribution in [0.25, 0.3) is 17.6 Å². The van der Waals surface area contributed by atoms with Crippen LogP contribution in [0.4, 0.5) is 4.39 Å². The Hall–Kier alpha value is -2.71. The molecule has 2 aliphatic rings. The Morgan fingerprint density at radius 1 is 1.48 bits per heavy atom. The predicted octanol–water partition coefficient (Wildman–Crippen LogP) is 1.08. The maximum Gasteiger partial charge on any atom is 0.272 e. The largest absolute Gasteiger partial charge is 0.396 e. The molecule has 4 N–H and O–H groups in total. The number of hydroxylamine groups is 2. The molecule has 130 valence electrons. The van der Waals surface area contributed by atoms with Gasteiger partial charge in [-0.1, -0.05) is 18.5 Å².